The Morgan fingerprint density at radius 3 is 1.89 bits per heavy atom. The van der Waals surface area contributed by atoms with E-state index >= 15 is 0 Å². The zero-order valence-electron chi connectivity index (χ0n) is 13.7. The van der Waals surface area contributed by atoms with Gasteiger partial charge in [0.1, 0.15) is 0 Å². The SMILES string of the molecule is CCCCCCC(C)(C)CCCC(C)(C)C(C)O. The van der Waals surface area contributed by atoms with Gasteiger partial charge in [-0.2, -0.15) is 0 Å². The smallest absolute Gasteiger partial charge is 0.0563 e. The van der Waals surface area contributed by atoms with Crippen molar-refractivity contribution in [3.05, 3.63) is 0 Å². The lowest BCUT2D eigenvalue weighted by Crippen LogP contribution is -2.26. The van der Waals surface area contributed by atoms with Crippen LogP contribution in [0.2, 0.25) is 0 Å². The maximum atomic E-state index is 9.71. The van der Waals surface area contributed by atoms with Crippen molar-refractivity contribution in [2.45, 2.75) is 99.0 Å². The molecule has 0 aromatic carbocycles. The molecule has 0 aromatic rings. The van der Waals surface area contributed by atoms with Crippen molar-refractivity contribution in [3.8, 4) is 0 Å². The van der Waals surface area contributed by atoms with Crippen molar-refractivity contribution in [2.24, 2.45) is 10.8 Å². The molecule has 18 heavy (non-hydrogen) atoms. The van der Waals surface area contributed by atoms with Crippen LogP contribution in [0.5, 0.6) is 0 Å². The average Bonchev–Trinajstić information content (AvgIpc) is 2.23. The summed E-state index contributed by atoms with van der Waals surface area (Å²) in [6.45, 7) is 13.3. The molecule has 1 N–H and O–H groups in total. The summed E-state index contributed by atoms with van der Waals surface area (Å²) >= 11 is 0. The first-order valence-electron chi connectivity index (χ1n) is 7.89. The molecule has 0 rings (SSSR count). The van der Waals surface area contributed by atoms with Crippen molar-refractivity contribution in [1.82, 2.24) is 0 Å². The predicted octanol–water partition coefficient (Wildman–Crippen LogP) is 5.56. The minimum Gasteiger partial charge on any atom is -0.393 e. The van der Waals surface area contributed by atoms with Gasteiger partial charge in [0.05, 0.1) is 6.10 Å². The topological polar surface area (TPSA) is 20.2 Å². The van der Waals surface area contributed by atoms with Crippen LogP contribution in [0.15, 0.2) is 0 Å². The van der Waals surface area contributed by atoms with Crippen molar-refractivity contribution in [3.63, 3.8) is 0 Å². The fraction of sp³-hybridized carbons (Fsp3) is 1.00. The third-order valence-corrected chi connectivity index (χ3v) is 4.51. The summed E-state index contributed by atoms with van der Waals surface area (Å²) in [5.41, 5.74) is 0.542. The van der Waals surface area contributed by atoms with Crippen molar-refractivity contribution >= 4 is 0 Å². The monoisotopic (exact) mass is 256 g/mol. The van der Waals surface area contributed by atoms with E-state index in [9.17, 15) is 5.11 Å². The largest absolute Gasteiger partial charge is 0.393 e. The van der Waals surface area contributed by atoms with E-state index in [1.807, 2.05) is 6.92 Å². The number of unbranched alkanes of at least 4 members (excludes halogenated alkanes) is 3. The first kappa shape index (κ1) is 18.0. The molecular weight excluding hydrogens is 220 g/mol. The first-order chi connectivity index (χ1) is 8.21. The third-order valence-electron chi connectivity index (χ3n) is 4.51. The molecule has 0 saturated carbocycles. The quantitative estimate of drug-likeness (QED) is 0.507. The second-order valence-corrected chi connectivity index (χ2v) is 7.49. The van der Waals surface area contributed by atoms with E-state index in [1.54, 1.807) is 0 Å². The second kappa shape index (κ2) is 8.19. The predicted molar refractivity (Wildman–Crippen MR) is 81.9 cm³/mol. The van der Waals surface area contributed by atoms with Crippen LogP contribution in [-0.4, -0.2) is 11.2 Å². The first-order valence-corrected chi connectivity index (χ1v) is 7.89. The summed E-state index contributed by atoms with van der Waals surface area (Å²) in [6, 6.07) is 0. The van der Waals surface area contributed by atoms with Crippen molar-refractivity contribution < 1.29 is 5.11 Å². The molecule has 0 saturated heterocycles. The van der Waals surface area contributed by atoms with Crippen LogP contribution in [0.25, 0.3) is 0 Å². The number of aliphatic hydroxyl groups is 1. The molecule has 0 fully saturated rings. The molecule has 1 unspecified atom stereocenters. The van der Waals surface area contributed by atoms with Crippen LogP contribution in [0.1, 0.15) is 92.9 Å². The molecule has 0 aromatic heterocycles. The Balaban J connectivity index is 3.82. The van der Waals surface area contributed by atoms with E-state index < -0.39 is 0 Å². The highest BCUT2D eigenvalue weighted by Gasteiger charge is 2.25. The minimum atomic E-state index is -0.204. The van der Waals surface area contributed by atoms with Gasteiger partial charge in [-0.3, -0.25) is 0 Å². The van der Waals surface area contributed by atoms with Crippen LogP contribution >= 0.6 is 0 Å². The lowest BCUT2D eigenvalue weighted by molar-refractivity contribution is 0.0551. The van der Waals surface area contributed by atoms with Crippen molar-refractivity contribution in [2.75, 3.05) is 0 Å². The zero-order chi connectivity index (χ0) is 14.2. The number of hydrogen-bond donors (Lipinski definition) is 1. The fourth-order valence-corrected chi connectivity index (χ4v) is 2.39. The highest BCUT2D eigenvalue weighted by molar-refractivity contribution is 4.76. The van der Waals surface area contributed by atoms with Gasteiger partial charge in [0.15, 0.2) is 0 Å². The van der Waals surface area contributed by atoms with Gasteiger partial charge in [-0.25, -0.2) is 0 Å². The summed E-state index contributed by atoms with van der Waals surface area (Å²) in [5.74, 6) is 0. The molecule has 0 aliphatic carbocycles. The molecule has 0 amide bonds. The Morgan fingerprint density at radius 2 is 1.39 bits per heavy atom. The van der Waals surface area contributed by atoms with E-state index in [-0.39, 0.29) is 11.5 Å². The number of rotatable bonds is 10. The molecule has 1 heteroatoms. The maximum absolute atomic E-state index is 9.71. The van der Waals surface area contributed by atoms with Gasteiger partial charge in [0, 0.05) is 0 Å². The van der Waals surface area contributed by atoms with Gasteiger partial charge in [0.2, 0.25) is 0 Å². The molecular formula is C17H36O. The lowest BCUT2D eigenvalue weighted by Gasteiger charge is -2.31. The molecule has 1 nitrogen and oxygen atoms in total. The molecule has 0 aliphatic rings. The van der Waals surface area contributed by atoms with Crippen LogP contribution in [-0.2, 0) is 0 Å². The van der Waals surface area contributed by atoms with Crippen LogP contribution < -0.4 is 0 Å². The van der Waals surface area contributed by atoms with Gasteiger partial charge >= 0.3 is 0 Å². The van der Waals surface area contributed by atoms with Crippen LogP contribution in [0.3, 0.4) is 0 Å². The standard InChI is InChI=1S/C17H36O/c1-7-8-9-10-12-16(3,4)13-11-14-17(5,6)15(2)18/h15,18H,7-14H2,1-6H3. The summed E-state index contributed by atoms with van der Waals surface area (Å²) in [7, 11) is 0. The van der Waals surface area contributed by atoms with Gasteiger partial charge in [-0.15, -0.1) is 0 Å². The van der Waals surface area contributed by atoms with E-state index in [2.05, 4.69) is 34.6 Å². The Hall–Kier alpha value is -0.0400. The molecule has 0 heterocycles. The Morgan fingerprint density at radius 1 is 0.833 bits per heavy atom. The fourth-order valence-electron chi connectivity index (χ4n) is 2.39. The molecule has 0 bridgehead atoms. The van der Waals surface area contributed by atoms with E-state index in [0.29, 0.717) is 5.41 Å². The summed E-state index contributed by atoms with van der Waals surface area (Å²) in [5, 5.41) is 9.71. The summed E-state index contributed by atoms with van der Waals surface area (Å²) in [6.07, 6.45) is 10.3. The molecule has 0 radical (unpaired) electrons. The van der Waals surface area contributed by atoms with E-state index in [4.69, 9.17) is 0 Å². The lowest BCUT2D eigenvalue weighted by atomic mass is 9.77. The Labute approximate surface area is 115 Å². The third kappa shape index (κ3) is 8.13. The molecule has 0 spiro atoms. The zero-order valence-corrected chi connectivity index (χ0v) is 13.7. The highest BCUT2D eigenvalue weighted by Crippen LogP contribution is 2.34. The highest BCUT2D eigenvalue weighted by atomic mass is 16.3. The van der Waals surface area contributed by atoms with Gasteiger partial charge < -0.3 is 5.11 Å². The Bertz CT molecular complexity index is 204. The molecule has 110 valence electrons. The van der Waals surface area contributed by atoms with E-state index in [0.717, 1.165) is 6.42 Å². The Kier molecular flexibility index (Phi) is 8.18. The molecule has 0 aliphatic heterocycles. The number of aliphatic hydroxyl groups excluding tert-OH is 1. The normalized spacial score (nSPS) is 14.8. The summed E-state index contributed by atoms with van der Waals surface area (Å²) < 4.78 is 0. The maximum Gasteiger partial charge on any atom is 0.0563 e. The minimum absolute atomic E-state index is 0.0677. The van der Waals surface area contributed by atoms with Gasteiger partial charge in [-0.05, 0) is 37.0 Å². The van der Waals surface area contributed by atoms with Gasteiger partial charge in [-0.1, -0.05) is 66.7 Å². The van der Waals surface area contributed by atoms with E-state index in [1.165, 1.54) is 44.9 Å². The molecule has 1 atom stereocenters. The van der Waals surface area contributed by atoms with Crippen LogP contribution in [0.4, 0.5) is 0 Å². The van der Waals surface area contributed by atoms with Gasteiger partial charge in [0.25, 0.3) is 0 Å². The van der Waals surface area contributed by atoms with Crippen LogP contribution in [0, 0.1) is 10.8 Å². The van der Waals surface area contributed by atoms with Crippen molar-refractivity contribution in [1.29, 1.82) is 0 Å². The average molecular weight is 256 g/mol. The summed E-state index contributed by atoms with van der Waals surface area (Å²) in [4.78, 5) is 0. The second-order valence-electron chi connectivity index (χ2n) is 7.49. The number of hydrogen-bond acceptors (Lipinski definition) is 1.